The molecule has 10 nitrogen and oxygen atoms in total. The molecule has 2 heterocycles. The van der Waals surface area contributed by atoms with Crippen LogP contribution in [0.2, 0.25) is 0 Å². The molecule has 2 fully saturated rings. The Morgan fingerprint density at radius 1 is 0.776 bits per heavy atom. The predicted molar refractivity (Wildman–Crippen MR) is 204 cm³/mol. The molecule has 0 saturated carbocycles. The van der Waals surface area contributed by atoms with Crippen molar-refractivity contribution in [1.82, 2.24) is 10.2 Å². The maximum atomic E-state index is 14.2. The number of piperazine rings is 1. The van der Waals surface area contributed by atoms with E-state index < -0.39 is 51.8 Å². The molecule has 2 saturated heterocycles. The van der Waals surface area contributed by atoms with Gasteiger partial charge in [0.25, 0.3) is 11.6 Å². The van der Waals surface area contributed by atoms with Crippen molar-refractivity contribution in [2.45, 2.75) is 38.6 Å². The van der Waals surface area contributed by atoms with Gasteiger partial charge in [0.05, 0.1) is 23.7 Å². The number of hydrogen-bond acceptors (Lipinski definition) is 8. The van der Waals surface area contributed by atoms with Gasteiger partial charge < -0.3 is 24.8 Å². The van der Waals surface area contributed by atoms with Crippen molar-refractivity contribution in [3.63, 3.8) is 0 Å². The quantitative estimate of drug-likeness (QED) is 0.0454. The smallest absolute Gasteiger partial charge is 0.269 e. The molecule has 5 aromatic carbocycles. The van der Waals surface area contributed by atoms with Gasteiger partial charge in [0.15, 0.2) is 29.6 Å². The second kappa shape index (κ2) is 17.4. The molecule has 1 amide bonds. The lowest BCUT2D eigenvalue weighted by molar-refractivity contribution is -0.384. The molecule has 7 rings (SSSR count). The fourth-order valence-electron chi connectivity index (χ4n) is 7.36. The number of nitrogens with zero attached hydrogens (tertiary/aromatic N) is 3. The minimum atomic E-state index is -2.35. The monoisotopic (exact) mass is 802 g/mol. The maximum Gasteiger partial charge on any atom is 0.269 e. The molecule has 5 aromatic rings. The highest BCUT2D eigenvalue weighted by Crippen LogP contribution is 2.42. The summed E-state index contributed by atoms with van der Waals surface area (Å²) in [5, 5.41) is 23.0. The number of benzene rings is 5. The number of halogens is 5. The zero-order valence-corrected chi connectivity index (χ0v) is 31.2. The Balaban J connectivity index is 1.07. The molecule has 0 spiro atoms. The molecule has 2 aliphatic rings. The number of anilines is 1. The van der Waals surface area contributed by atoms with Crippen molar-refractivity contribution in [1.29, 1.82) is 0 Å². The van der Waals surface area contributed by atoms with E-state index in [1.165, 1.54) is 12.1 Å². The number of carbonyl (C=O) groups excluding carboxylic acids is 1. The van der Waals surface area contributed by atoms with Crippen LogP contribution in [-0.4, -0.2) is 59.7 Å². The van der Waals surface area contributed by atoms with Crippen molar-refractivity contribution in [3.05, 3.63) is 164 Å². The van der Waals surface area contributed by atoms with Crippen LogP contribution in [0, 0.1) is 45.1 Å². The molecule has 0 bridgehead atoms. The zero-order valence-electron chi connectivity index (χ0n) is 31.2. The van der Waals surface area contributed by atoms with E-state index >= 15 is 0 Å². The molecule has 302 valence electrons. The first kappa shape index (κ1) is 40.5. The number of aliphatic hydroxyl groups excluding tert-OH is 1. The third-order valence-electron chi connectivity index (χ3n) is 10.7. The summed E-state index contributed by atoms with van der Waals surface area (Å²) in [5.41, 5.74) is 3.82. The molecule has 15 heteroatoms. The van der Waals surface area contributed by atoms with Gasteiger partial charge in [-0.3, -0.25) is 19.8 Å². The van der Waals surface area contributed by atoms with Gasteiger partial charge in [-0.1, -0.05) is 67.6 Å². The van der Waals surface area contributed by atoms with Gasteiger partial charge in [0, 0.05) is 68.6 Å². The molecule has 0 unspecified atom stereocenters. The van der Waals surface area contributed by atoms with Crippen LogP contribution in [0.1, 0.15) is 51.9 Å². The van der Waals surface area contributed by atoms with E-state index in [-0.39, 0.29) is 37.0 Å². The SMILES string of the molecule is C[C@H]1[C@@H](CN2CCN(c3ccc([N+](=O)[O-])cc3)CC2)O[C@@H](c2cccc(-c3cccc(CNC(=O)c4c(F)c(F)c(F)c(F)c4F)c3)c2)O[C@H]1c1ccc(CO)cc1. The third kappa shape index (κ3) is 8.57. The minimum absolute atomic E-state index is 0.0455. The summed E-state index contributed by atoms with van der Waals surface area (Å²) < 4.78 is 82.8. The highest BCUT2D eigenvalue weighted by atomic mass is 19.2. The Morgan fingerprint density at radius 3 is 2.03 bits per heavy atom. The normalized spacial score (nSPS) is 19.9. The Kier molecular flexibility index (Phi) is 12.1. The maximum absolute atomic E-state index is 14.2. The van der Waals surface area contributed by atoms with Crippen molar-refractivity contribution in [3.8, 4) is 11.1 Å². The second-order valence-electron chi connectivity index (χ2n) is 14.3. The van der Waals surface area contributed by atoms with Crippen molar-refractivity contribution >= 4 is 17.3 Å². The number of nitro benzene ring substituents is 1. The Hall–Kier alpha value is -5.74. The van der Waals surface area contributed by atoms with Gasteiger partial charge in [-0.25, -0.2) is 22.0 Å². The fourth-order valence-corrected chi connectivity index (χ4v) is 7.36. The highest BCUT2D eigenvalue weighted by Gasteiger charge is 2.39. The van der Waals surface area contributed by atoms with Crippen LogP contribution < -0.4 is 10.2 Å². The van der Waals surface area contributed by atoms with Gasteiger partial charge in [-0.05, 0) is 52.1 Å². The lowest BCUT2D eigenvalue weighted by Crippen LogP contribution is -2.51. The van der Waals surface area contributed by atoms with E-state index in [0.717, 1.165) is 54.1 Å². The first-order valence-electron chi connectivity index (χ1n) is 18.6. The summed E-state index contributed by atoms with van der Waals surface area (Å²) in [5.74, 6) is -12.7. The summed E-state index contributed by atoms with van der Waals surface area (Å²) in [4.78, 5) is 27.8. The van der Waals surface area contributed by atoms with Crippen LogP contribution in [0.5, 0.6) is 0 Å². The molecule has 0 aliphatic carbocycles. The number of ether oxygens (including phenoxy) is 2. The Morgan fingerprint density at radius 2 is 1.40 bits per heavy atom. The summed E-state index contributed by atoms with van der Waals surface area (Å²) in [6.45, 7) is 5.31. The first-order valence-corrected chi connectivity index (χ1v) is 18.6. The van der Waals surface area contributed by atoms with Crippen LogP contribution in [-0.2, 0) is 22.6 Å². The standard InChI is InChI=1S/C43H39F5N4O6/c1-25-34(23-50-16-18-51(19-17-50)32-12-14-33(15-13-32)52(55)56)57-43(58-41(25)28-10-8-26(24-53)9-11-28)31-7-3-6-30(21-31)29-5-2-4-27(20-29)22-49-42(54)35-36(44)38(46)40(48)39(47)37(35)45/h2-15,20-21,25,34,41,43,53H,16-19,22-24H2,1H3,(H,49,54)/t25-,34+,41+,43+/m0/s1. The van der Waals surface area contributed by atoms with Gasteiger partial charge in [-0.15, -0.1) is 0 Å². The number of non-ortho nitro benzene ring substituents is 1. The van der Waals surface area contributed by atoms with E-state index in [1.807, 2.05) is 54.6 Å². The van der Waals surface area contributed by atoms with Crippen LogP contribution in [0.15, 0.2) is 97.1 Å². The van der Waals surface area contributed by atoms with Crippen LogP contribution in [0.25, 0.3) is 11.1 Å². The summed E-state index contributed by atoms with van der Waals surface area (Å²) in [6.07, 6.45) is -1.37. The molecule has 2 aliphatic heterocycles. The molecular formula is C43H39F5N4O6. The van der Waals surface area contributed by atoms with Crippen LogP contribution >= 0.6 is 0 Å². The number of aliphatic hydroxyl groups is 1. The number of nitro groups is 1. The summed E-state index contributed by atoms with van der Waals surface area (Å²) in [7, 11) is 0. The average molecular weight is 803 g/mol. The topological polar surface area (TPSA) is 117 Å². The second-order valence-corrected chi connectivity index (χ2v) is 14.3. The third-order valence-corrected chi connectivity index (χ3v) is 10.7. The summed E-state index contributed by atoms with van der Waals surface area (Å²) >= 11 is 0. The number of carbonyl (C=O) groups is 1. The number of amides is 1. The predicted octanol–water partition coefficient (Wildman–Crippen LogP) is 7.99. The average Bonchev–Trinajstić information content (AvgIpc) is 3.25. The molecule has 0 aromatic heterocycles. The lowest BCUT2D eigenvalue weighted by atomic mass is 9.89. The fraction of sp³-hybridized carbons (Fsp3) is 0.279. The first-order chi connectivity index (χ1) is 27.9. The number of rotatable bonds is 11. The molecular weight excluding hydrogens is 763 g/mol. The molecule has 2 N–H and O–H groups in total. The van der Waals surface area contributed by atoms with Gasteiger partial charge >= 0.3 is 0 Å². The lowest BCUT2D eigenvalue weighted by Gasteiger charge is -2.44. The Bertz CT molecular complexity index is 2260. The van der Waals surface area contributed by atoms with E-state index in [1.54, 1.807) is 30.3 Å². The largest absolute Gasteiger partial charge is 0.392 e. The number of hydrogen-bond donors (Lipinski definition) is 2. The van der Waals surface area contributed by atoms with E-state index in [9.17, 15) is 42.0 Å². The van der Waals surface area contributed by atoms with E-state index in [4.69, 9.17) is 9.47 Å². The highest BCUT2D eigenvalue weighted by molar-refractivity contribution is 5.94. The molecule has 4 atom stereocenters. The van der Waals surface area contributed by atoms with Gasteiger partial charge in [0.1, 0.15) is 5.56 Å². The summed E-state index contributed by atoms with van der Waals surface area (Å²) in [6, 6.07) is 28.6. The van der Waals surface area contributed by atoms with Gasteiger partial charge in [0.2, 0.25) is 5.82 Å². The number of nitrogens with one attached hydrogen (secondary N) is 1. The van der Waals surface area contributed by atoms with Crippen LogP contribution in [0.3, 0.4) is 0 Å². The van der Waals surface area contributed by atoms with Crippen molar-refractivity contribution < 1.29 is 46.3 Å². The molecule has 58 heavy (non-hydrogen) atoms. The minimum Gasteiger partial charge on any atom is -0.392 e. The molecule has 0 radical (unpaired) electrons. The van der Waals surface area contributed by atoms with Crippen molar-refractivity contribution in [2.24, 2.45) is 5.92 Å². The van der Waals surface area contributed by atoms with Crippen LogP contribution in [0.4, 0.5) is 33.3 Å². The van der Waals surface area contributed by atoms with Gasteiger partial charge in [-0.2, -0.15) is 0 Å². The Labute approximate surface area is 330 Å². The van der Waals surface area contributed by atoms with E-state index in [0.29, 0.717) is 17.7 Å². The zero-order chi connectivity index (χ0) is 41.1. The van der Waals surface area contributed by atoms with E-state index in [2.05, 4.69) is 22.0 Å². The van der Waals surface area contributed by atoms with Crippen molar-refractivity contribution in [2.75, 3.05) is 37.6 Å².